The molecule has 1 aliphatic rings. The molecular formula is C11H20N2O4S. The second-order valence-electron chi connectivity index (χ2n) is 4.00. The molecule has 1 saturated heterocycles. The average Bonchev–Trinajstić information content (AvgIpc) is 2.82. The van der Waals surface area contributed by atoms with Crippen LogP contribution in [-0.2, 0) is 19.7 Å². The zero-order valence-electron chi connectivity index (χ0n) is 10.7. The fourth-order valence-electron chi connectivity index (χ4n) is 1.82. The molecule has 0 spiro atoms. The van der Waals surface area contributed by atoms with E-state index in [0.717, 1.165) is 17.1 Å². The summed E-state index contributed by atoms with van der Waals surface area (Å²) >= 11 is 0. The third-order valence-corrected chi connectivity index (χ3v) is 4.61. The van der Waals surface area contributed by atoms with Gasteiger partial charge in [-0.3, -0.25) is 4.79 Å². The van der Waals surface area contributed by atoms with Crippen molar-refractivity contribution in [3.63, 3.8) is 0 Å². The molecule has 0 radical (unpaired) electrons. The molecular weight excluding hydrogens is 256 g/mol. The molecule has 0 aromatic heterocycles. The Balaban J connectivity index is 2.76. The summed E-state index contributed by atoms with van der Waals surface area (Å²) in [4.78, 5) is 11.4. The molecule has 0 aromatic rings. The summed E-state index contributed by atoms with van der Waals surface area (Å²) in [5.74, 6) is -0.540. The van der Waals surface area contributed by atoms with Crippen molar-refractivity contribution < 1.29 is 17.9 Å². The van der Waals surface area contributed by atoms with Crippen molar-refractivity contribution in [3.05, 3.63) is 12.7 Å². The van der Waals surface area contributed by atoms with E-state index in [-0.39, 0.29) is 19.7 Å². The number of carbonyl (C=O) groups is 1. The van der Waals surface area contributed by atoms with Crippen LogP contribution < -0.4 is 0 Å². The molecule has 0 atom stereocenters. The van der Waals surface area contributed by atoms with Crippen LogP contribution in [0.5, 0.6) is 0 Å². The first-order valence-electron chi connectivity index (χ1n) is 6.04. The molecule has 18 heavy (non-hydrogen) atoms. The van der Waals surface area contributed by atoms with Crippen molar-refractivity contribution in [2.24, 2.45) is 0 Å². The molecule has 0 N–H and O–H groups in total. The molecule has 0 amide bonds. The number of hydrogen-bond acceptors (Lipinski definition) is 4. The maximum absolute atomic E-state index is 12.3. The third-order valence-electron chi connectivity index (χ3n) is 2.66. The SMILES string of the molecule is C=CCN(CC(=O)OCC)S(=O)(=O)N1CCCC1. The summed E-state index contributed by atoms with van der Waals surface area (Å²) in [6.45, 7) is 6.31. The molecule has 0 bridgehead atoms. The predicted molar refractivity (Wildman–Crippen MR) is 68.1 cm³/mol. The van der Waals surface area contributed by atoms with Crippen LogP contribution in [0.15, 0.2) is 12.7 Å². The Morgan fingerprint density at radius 1 is 1.44 bits per heavy atom. The number of carbonyl (C=O) groups excluding carboxylic acids is 1. The highest BCUT2D eigenvalue weighted by Crippen LogP contribution is 2.16. The van der Waals surface area contributed by atoms with Crippen LogP contribution >= 0.6 is 0 Å². The van der Waals surface area contributed by atoms with Crippen LogP contribution in [-0.4, -0.2) is 55.8 Å². The highest BCUT2D eigenvalue weighted by Gasteiger charge is 2.32. The van der Waals surface area contributed by atoms with Gasteiger partial charge < -0.3 is 4.74 Å². The molecule has 0 saturated carbocycles. The van der Waals surface area contributed by atoms with E-state index in [1.54, 1.807) is 6.92 Å². The van der Waals surface area contributed by atoms with Gasteiger partial charge in [0.05, 0.1) is 6.61 Å². The lowest BCUT2D eigenvalue weighted by atomic mass is 10.4. The lowest BCUT2D eigenvalue weighted by molar-refractivity contribution is -0.143. The van der Waals surface area contributed by atoms with Crippen LogP contribution in [0, 0.1) is 0 Å². The summed E-state index contributed by atoms with van der Waals surface area (Å²) in [5.41, 5.74) is 0. The Morgan fingerprint density at radius 3 is 2.56 bits per heavy atom. The van der Waals surface area contributed by atoms with E-state index in [0.29, 0.717) is 13.1 Å². The van der Waals surface area contributed by atoms with E-state index in [2.05, 4.69) is 6.58 Å². The fraction of sp³-hybridized carbons (Fsp3) is 0.727. The van der Waals surface area contributed by atoms with Gasteiger partial charge in [0, 0.05) is 19.6 Å². The van der Waals surface area contributed by atoms with Gasteiger partial charge in [-0.15, -0.1) is 6.58 Å². The van der Waals surface area contributed by atoms with Gasteiger partial charge in [-0.25, -0.2) is 0 Å². The summed E-state index contributed by atoms with van der Waals surface area (Å²) in [6.07, 6.45) is 3.19. The normalized spacial score (nSPS) is 17.0. The second kappa shape index (κ2) is 6.86. The molecule has 6 nitrogen and oxygen atoms in total. The lowest BCUT2D eigenvalue weighted by Crippen LogP contribution is -2.45. The fourth-order valence-corrected chi connectivity index (χ4v) is 3.43. The molecule has 7 heteroatoms. The zero-order valence-corrected chi connectivity index (χ0v) is 11.5. The Labute approximate surface area is 108 Å². The summed E-state index contributed by atoms with van der Waals surface area (Å²) in [5, 5.41) is 0. The maximum atomic E-state index is 12.3. The monoisotopic (exact) mass is 276 g/mol. The minimum atomic E-state index is -3.58. The number of esters is 1. The van der Waals surface area contributed by atoms with Gasteiger partial charge in [0.1, 0.15) is 6.54 Å². The molecule has 1 heterocycles. The van der Waals surface area contributed by atoms with Gasteiger partial charge in [0.25, 0.3) is 10.2 Å². The van der Waals surface area contributed by atoms with Crippen LogP contribution in [0.25, 0.3) is 0 Å². The van der Waals surface area contributed by atoms with Gasteiger partial charge >= 0.3 is 5.97 Å². The first-order valence-corrected chi connectivity index (χ1v) is 7.43. The highest BCUT2D eigenvalue weighted by atomic mass is 32.2. The van der Waals surface area contributed by atoms with Crippen molar-refractivity contribution >= 4 is 16.2 Å². The van der Waals surface area contributed by atoms with Crippen LogP contribution in [0.3, 0.4) is 0 Å². The van der Waals surface area contributed by atoms with E-state index in [9.17, 15) is 13.2 Å². The van der Waals surface area contributed by atoms with Crippen molar-refractivity contribution in [3.8, 4) is 0 Å². The molecule has 1 rings (SSSR count). The third kappa shape index (κ3) is 3.79. The smallest absolute Gasteiger partial charge is 0.321 e. The van der Waals surface area contributed by atoms with Crippen molar-refractivity contribution in [1.29, 1.82) is 0 Å². The first kappa shape index (κ1) is 15.1. The predicted octanol–water partition coefficient (Wildman–Crippen LogP) is 0.378. The molecule has 0 aliphatic carbocycles. The lowest BCUT2D eigenvalue weighted by Gasteiger charge is -2.25. The topological polar surface area (TPSA) is 66.9 Å². The Bertz CT molecular complexity index is 388. The highest BCUT2D eigenvalue weighted by molar-refractivity contribution is 7.86. The Kier molecular flexibility index (Phi) is 5.77. The average molecular weight is 276 g/mol. The number of nitrogens with zero attached hydrogens (tertiary/aromatic N) is 2. The number of rotatable bonds is 7. The maximum Gasteiger partial charge on any atom is 0.321 e. The second-order valence-corrected chi connectivity index (χ2v) is 5.93. The van der Waals surface area contributed by atoms with Crippen molar-refractivity contribution in [1.82, 2.24) is 8.61 Å². The Morgan fingerprint density at radius 2 is 2.06 bits per heavy atom. The van der Waals surface area contributed by atoms with Gasteiger partial charge in [-0.1, -0.05) is 6.08 Å². The van der Waals surface area contributed by atoms with Crippen LogP contribution in [0.2, 0.25) is 0 Å². The van der Waals surface area contributed by atoms with Gasteiger partial charge in [0.15, 0.2) is 0 Å². The minimum absolute atomic E-state index is 0.109. The summed E-state index contributed by atoms with van der Waals surface area (Å²) < 4.78 is 31.8. The largest absolute Gasteiger partial charge is 0.465 e. The molecule has 0 aromatic carbocycles. The summed E-state index contributed by atoms with van der Waals surface area (Å²) in [6, 6.07) is 0. The van der Waals surface area contributed by atoms with E-state index in [4.69, 9.17) is 4.74 Å². The number of ether oxygens (including phenoxy) is 1. The van der Waals surface area contributed by atoms with E-state index in [1.807, 2.05) is 0 Å². The number of hydrogen-bond donors (Lipinski definition) is 0. The molecule has 1 aliphatic heterocycles. The first-order chi connectivity index (χ1) is 8.52. The van der Waals surface area contributed by atoms with Gasteiger partial charge in [0.2, 0.25) is 0 Å². The summed E-state index contributed by atoms with van der Waals surface area (Å²) in [7, 11) is -3.58. The van der Waals surface area contributed by atoms with Crippen molar-refractivity contribution in [2.45, 2.75) is 19.8 Å². The minimum Gasteiger partial charge on any atom is -0.465 e. The Hall–Kier alpha value is -0.920. The van der Waals surface area contributed by atoms with E-state index < -0.39 is 16.2 Å². The van der Waals surface area contributed by atoms with Crippen molar-refractivity contribution in [2.75, 3.05) is 32.8 Å². The molecule has 0 unspecified atom stereocenters. The standard InChI is InChI=1S/C11H20N2O4S/c1-3-7-13(10-11(14)17-4-2)18(15,16)12-8-5-6-9-12/h3H,1,4-10H2,2H3. The van der Waals surface area contributed by atoms with E-state index in [1.165, 1.54) is 10.4 Å². The molecule has 104 valence electrons. The van der Waals surface area contributed by atoms with Crippen LogP contribution in [0.1, 0.15) is 19.8 Å². The zero-order chi connectivity index (χ0) is 13.6. The quantitative estimate of drug-likeness (QED) is 0.498. The van der Waals surface area contributed by atoms with Gasteiger partial charge in [-0.2, -0.15) is 17.0 Å². The van der Waals surface area contributed by atoms with Gasteiger partial charge in [-0.05, 0) is 19.8 Å². The molecule has 1 fully saturated rings. The van der Waals surface area contributed by atoms with E-state index >= 15 is 0 Å². The van der Waals surface area contributed by atoms with Crippen LogP contribution in [0.4, 0.5) is 0 Å².